The molecule has 0 aliphatic rings. The molecule has 27 heavy (non-hydrogen) atoms. The van der Waals surface area contributed by atoms with Gasteiger partial charge in [0.05, 0.1) is 11.6 Å². The summed E-state index contributed by atoms with van der Waals surface area (Å²) < 4.78 is 108. The van der Waals surface area contributed by atoms with E-state index in [1.807, 2.05) is 0 Å². The molecule has 0 aromatic heterocycles. The normalized spacial score (nSPS) is 12.8. The molecule has 0 atom stereocenters. The van der Waals surface area contributed by atoms with E-state index in [4.69, 9.17) is 5.26 Å². The monoisotopic (exact) mass is 392 g/mol. The summed E-state index contributed by atoms with van der Waals surface area (Å²) in [6, 6.07) is 6.88. The van der Waals surface area contributed by atoms with Crippen molar-refractivity contribution in [2.24, 2.45) is 0 Å². The lowest BCUT2D eigenvalue weighted by Gasteiger charge is -2.32. The summed E-state index contributed by atoms with van der Waals surface area (Å²) in [5.74, 6) is -1.26. The first-order valence-corrected chi connectivity index (χ1v) is 7.30. The highest BCUT2D eigenvalue weighted by molar-refractivity contribution is 5.74. The molecule has 0 unspecified atom stereocenters. The summed E-state index contributed by atoms with van der Waals surface area (Å²) in [7, 11) is 0. The maximum atomic E-state index is 14.7. The smallest absolute Gasteiger partial charge is 0.218 e. The maximum absolute atomic E-state index is 14.7. The third-order valence-electron chi connectivity index (χ3n) is 3.91. The van der Waals surface area contributed by atoms with Crippen molar-refractivity contribution in [3.05, 3.63) is 58.4 Å². The number of benzene rings is 2. The molecule has 0 aliphatic heterocycles. The van der Waals surface area contributed by atoms with Gasteiger partial charge in [-0.1, -0.05) is 12.1 Å². The van der Waals surface area contributed by atoms with E-state index in [1.54, 1.807) is 6.07 Å². The lowest BCUT2D eigenvalue weighted by atomic mass is 9.83. The van der Waals surface area contributed by atoms with Gasteiger partial charge in [0.1, 0.15) is 5.82 Å². The van der Waals surface area contributed by atoms with Crippen molar-refractivity contribution in [3.8, 4) is 17.2 Å². The van der Waals surface area contributed by atoms with Crippen LogP contribution in [-0.4, -0.2) is 12.4 Å². The minimum Gasteiger partial charge on any atom is -0.218 e. The van der Waals surface area contributed by atoms with E-state index in [0.717, 1.165) is 26.0 Å². The lowest BCUT2D eigenvalue weighted by Crippen LogP contribution is -2.50. The van der Waals surface area contributed by atoms with E-state index in [0.29, 0.717) is 12.1 Å². The summed E-state index contributed by atoms with van der Waals surface area (Å²) in [5.41, 5.74) is -9.81. The third kappa shape index (κ3) is 3.36. The Balaban J connectivity index is 2.97. The SMILES string of the molecule is Cc1[c]c(C)c(-c2ccc(C#N)cc2F)c(C(F)(C(F)(F)F)C(F)(F)F)c1. The van der Waals surface area contributed by atoms with Gasteiger partial charge in [-0.25, -0.2) is 8.78 Å². The zero-order valence-corrected chi connectivity index (χ0v) is 13.8. The molecule has 1 radical (unpaired) electrons. The van der Waals surface area contributed by atoms with E-state index in [1.165, 1.54) is 0 Å². The van der Waals surface area contributed by atoms with Gasteiger partial charge in [-0.05, 0) is 48.7 Å². The highest BCUT2D eigenvalue weighted by Gasteiger charge is 2.74. The molecule has 0 N–H and O–H groups in total. The second-order valence-electron chi connectivity index (χ2n) is 5.83. The zero-order valence-electron chi connectivity index (χ0n) is 13.8. The fourth-order valence-corrected chi connectivity index (χ4v) is 2.76. The molecular formula is C18H10F8N. The van der Waals surface area contributed by atoms with Gasteiger partial charge in [0.15, 0.2) is 0 Å². The number of rotatable bonds is 2. The molecule has 1 nitrogen and oxygen atoms in total. The number of aryl methyl sites for hydroxylation is 2. The fraction of sp³-hybridized carbons (Fsp3) is 0.278. The van der Waals surface area contributed by atoms with E-state index in [9.17, 15) is 35.1 Å². The number of halogens is 8. The lowest BCUT2D eigenvalue weighted by molar-refractivity contribution is -0.348. The Morgan fingerprint density at radius 2 is 1.48 bits per heavy atom. The number of nitrogens with zero attached hydrogens (tertiary/aromatic N) is 1. The van der Waals surface area contributed by atoms with Crippen LogP contribution in [-0.2, 0) is 5.67 Å². The minimum absolute atomic E-state index is 0.184. The van der Waals surface area contributed by atoms with Crippen LogP contribution in [0.3, 0.4) is 0 Å². The van der Waals surface area contributed by atoms with Gasteiger partial charge in [0.2, 0.25) is 0 Å². The largest absolute Gasteiger partial charge is 0.435 e. The molecule has 2 aromatic rings. The molecule has 0 amide bonds. The van der Waals surface area contributed by atoms with Gasteiger partial charge in [0, 0.05) is 11.1 Å². The van der Waals surface area contributed by atoms with Gasteiger partial charge in [-0.15, -0.1) is 0 Å². The van der Waals surface area contributed by atoms with Crippen LogP contribution >= 0.6 is 0 Å². The Morgan fingerprint density at radius 1 is 0.926 bits per heavy atom. The van der Waals surface area contributed by atoms with Crippen molar-refractivity contribution in [1.29, 1.82) is 5.26 Å². The summed E-state index contributed by atoms with van der Waals surface area (Å²) in [4.78, 5) is 0. The standard InChI is InChI=1S/C18H10F8N/c1-9-5-10(2)15(12-4-3-11(8-27)7-14(12)19)13(6-9)16(20,17(21,22)23)18(24,25)26/h3-4,6-7H,1-2H3. The zero-order chi connectivity index (χ0) is 20.8. The van der Waals surface area contributed by atoms with Crippen LogP contribution in [0.25, 0.3) is 11.1 Å². The summed E-state index contributed by atoms with van der Waals surface area (Å²) in [6.07, 6.45) is -12.7. The fourth-order valence-electron chi connectivity index (χ4n) is 2.76. The molecule has 0 fully saturated rings. The topological polar surface area (TPSA) is 23.8 Å². The number of hydrogen-bond donors (Lipinski definition) is 0. The molecule has 0 saturated heterocycles. The predicted octanol–water partition coefficient (Wildman–Crippen LogP) is 6.07. The molecule has 0 bridgehead atoms. The highest BCUT2D eigenvalue weighted by Crippen LogP contribution is 2.56. The average Bonchev–Trinajstić information content (AvgIpc) is 2.51. The number of hydrogen-bond acceptors (Lipinski definition) is 1. The average molecular weight is 392 g/mol. The Bertz CT molecular complexity index is 905. The van der Waals surface area contributed by atoms with Gasteiger partial charge in [-0.2, -0.15) is 31.6 Å². The Morgan fingerprint density at radius 3 is 1.93 bits per heavy atom. The van der Waals surface area contributed by atoms with Crippen LogP contribution in [0.4, 0.5) is 35.1 Å². The third-order valence-corrected chi connectivity index (χ3v) is 3.91. The van der Waals surface area contributed by atoms with Gasteiger partial charge < -0.3 is 0 Å². The van der Waals surface area contributed by atoms with Crippen LogP contribution in [0.2, 0.25) is 0 Å². The van der Waals surface area contributed by atoms with Crippen LogP contribution in [0.5, 0.6) is 0 Å². The molecule has 0 aliphatic carbocycles. The van der Waals surface area contributed by atoms with Crippen molar-refractivity contribution in [1.82, 2.24) is 0 Å². The highest BCUT2D eigenvalue weighted by atomic mass is 19.4. The summed E-state index contributed by atoms with van der Waals surface area (Å²) >= 11 is 0. The second-order valence-corrected chi connectivity index (χ2v) is 5.83. The van der Waals surface area contributed by atoms with Gasteiger partial charge in [-0.3, -0.25) is 0 Å². The molecule has 0 spiro atoms. The quantitative estimate of drug-likeness (QED) is 0.569. The van der Waals surface area contributed by atoms with E-state index in [-0.39, 0.29) is 16.7 Å². The molecule has 0 saturated carbocycles. The predicted molar refractivity (Wildman–Crippen MR) is 79.8 cm³/mol. The summed E-state index contributed by atoms with van der Waals surface area (Å²) in [6.45, 7) is 2.24. The first kappa shape index (κ1) is 20.7. The van der Waals surface area contributed by atoms with Gasteiger partial charge >= 0.3 is 18.0 Å². The molecule has 0 heterocycles. The number of nitriles is 1. The minimum atomic E-state index is -6.34. The summed E-state index contributed by atoms with van der Waals surface area (Å²) in [5, 5.41) is 8.73. The first-order chi connectivity index (χ1) is 12.2. The molecule has 2 aromatic carbocycles. The van der Waals surface area contributed by atoms with Gasteiger partial charge in [0.25, 0.3) is 0 Å². The molecular weight excluding hydrogens is 382 g/mol. The van der Waals surface area contributed by atoms with Crippen LogP contribution in [0.1, 0.15) is 22.3 Å². The van der Waals surface area contributed by atoms with E-state index >= 15 is 0 Å². The van der Waals surface area contributed by atoms with Crippen LogP contribution < -0.4 is 0 Å². The van der Waals surface area contributed by atoms with E-state index in [2.05, 4.69) is 6.07 Å². The second kappa shape index (κ2) is 6.51. The van der Waals surface area contributed by atoms with Crippen molar-refractivity contribution < 1.29 is 35.1 Å². The Labute approximate surface area is 148 Å². The Hall–Kier alpha value is -2.63. The van der Waals surface area contributed by atoms with Crippen molar-refractivity contribution in [2.45, 2.75) is 31.9 Å². The molecule has 2 rings (SSSR count). The molecule has 9 heteroatoms. The maximum Gasteiger partial charge on any atom is 0.435 e. The van der Waals surface area contributed by atoms with Crippen molar-refractivity contribution in [2.75, 3.05) is 0 Å². The van der Waals surface area contributed by atoms with Crippen molar-refractivity contribution >= 4 is 0 Å². The molecule has 143 valence electrons. The Kier molecular flexibility index (Phi) is 4.99. The number of alkyl halides is 7. The van der Waals surface area contributed by atoms with Crippen LogP contribution in [0.15, 0.2) is 24.3 Å². The van der Waals surface area contributed by atoms with E-state index < -0.39 is 40.5 Å². The van der Waals surface area contributed by atoms with Crippen molar-refractivity contribution in [3.63, 3.8) is 0 Å². The van der Waals surface area contributed by atoms with Crippen LogP contribution in [0, 0.1) is 37.1 Å². The first-order valence-electron chi connectivity index (χ1n) is 7.30.